The third kappa shape index (κ3) is 6.26. The van der Waals surface area contributed by atoms with Crippen molar-refractivity contribution in [3.63, 3.8) is 0 Å². The number of rotatable bonds is 8. The van der Waals surface area contributed by atoms with Crippen LogP contribution in [0.1, 0.15) is 95.1 Å². The fraction of sp³-hybridized carbons (Fsp3) is 0.588. The molecule has 0 saturated heterocycles. The van der Waals surface area contributed by atoms with Crippen LogP contribution in [0.4, 0.5) is 8.78 Å². The van der Waals surface area contributed by atoms with Gasteiger partial charge < -0.3 is 9.47 Å². The van der Waals surface area contributed by atoms with Crippen LogP contribution < -0.4 is 9.47 Å². The maximum absolute atomic E-state index is 14.3. The van der Waals surface area contributed by atoms with Crippen molar-refractivity contribution >= 4 is 0 Å². The standard InChI is InChI=1S/C34H44F2O2/c1-3-5-23-6-11-30-21-29(17-16-28(30)20-23)27-14-12-26(13-15-27)25-9-7-24(8-10-25)22-38-32-19-18-31(37-4-2)33(35)34(32)36/h3,5,7-10,18-19,23,26-30H,4,6,11-17,20-22H2,1-2H3. The lowest BCUT2D eigenvalue weighted by Gasteiger charge is -2.45. The lowest BCUT2D eigenvalue weighted by atomic mass is 9.61. The molecule has 3 fully saturated rings. The van der Waals surface area contributed by atoms with Gasteiger partial charge in [0, 0.05) is 0 Å². The van der Waals surface area contributed by atoms with Crippen LogP contribution in [0.2, 0.25) is 0 Å². The van der Waals surface area contributed by atoms with E-state index in [1.807, 2.05) is 0 Å². The van der Waals surface area contributed by atoms with E-state index in [9.17, 15) is 8.78 Å². The highest BCUT2D eigenvalue weighted by Crippen LogP contribution is 2.50. The second-order valence-electron chi connectivity index (χ2n) is 12.0. The van der Waals surface area contributed by atoms with Crippen LogP contribution in [-0.4, -0.2) is 6.61 Å². The predicted molar refractivity (Wildman–Crippen MR) is 149 cm³/mol. The predicted octanol–water partition coefficient (Wildman–Crippen LogP) is 9.62. The first-order valence-corrected chi connectivity index (χ1v) is 15.0. The van der Waals surface area contributed by atoms with Crippen molar-refractivity contribution in [2.24, 2.45) is 29.6 Å². The third-order valence-corrected chi connectivity index (χ3v) is 9.75. The number of hydrogen-bond acceptors (Lipinski definition) is 2. The van der Waals surface area contributed by atoms with E-state index in [-0.39, 0.29) is 24.7 Å². The van der Waals surface area contributed by atoms with Crippen molar-refractivity contribution in [1.82, 2.24) is 0 Å². The summed E-state index contributed by atoms with van der Waals surface area (Å²) in [5.41, 5.74) is 2.36. The maximum Gasteiger partial charge on any atom is 0.204 e. The van der Waals surface area contributed by atoms with Gasteiger partial charge in [0.15, 0.2) is 11.5 Å². The van der Waals surface area contributed by atoms with Gasteiger partial charge in [0.25, 0.3) is 0 Å². The number of ether oxygens (including phenoxy) is 2. The van der Waals surface area contributed by atoms with Crippen LogP contribution in [0.5, 0.6) is 11.5 Å². The van der Waals surface area contributed by atoms with Crippen LogP contribution in [-0.2, 0) is 6.61 Å². The Labute approximate surface area is 227 Å². The average Bonchev–Trinajstić information content (AvgIpc) is 2.95. The molecule has 2 nitrogen and oxygen atoms in total. The second kappa shape index (κ2) is 12.7. The molecule has 4 heteroatoms. The van der Waals surface area contributed by atoms with Crippen LogP contribution in [0.25, 0.3) is 0 Å². The minimum Gasteiger partial charge on any atom is -0.491 e. The molecule has 2 aromatic rings. The summed E-state index contributed by atoms with van der Waals surface area (Å²) in [7, 11) is 0. The molecule has 0 radical (unpaired) electrons. The quantitative estimate of drug-likeness (QED) is 0.321. The van der Waals surface area contributed by atoms with Gasteiger partial charge in [0.1, 0.15) is 6.61 Å². The Hall–Kier alpha value is -2.36. The third-order valence-electron chi connectivity index (χ3n) is 9.75. The minimum atomic E-state index is -1.00. The normalized spacial score (nSPS) is 29.7. The highest BCUT2D eigenvalue weighted by atomic mass is 19.2. The zero-order chi connectivity index (χ0) is 26.5. The summed E-state index contributed by atoms with van der Waals surface area (Å²) in [6, 6.07) is 11.4. The Morgan fingerprint density at radius 3 is 1.95 bits per heavy atom. The molecule has 0 bridgehead atoms. The van der Waals surface area contributed by atoms with Crippen molar-refractivity contribution < 1.29 is 18.3 Å². The van der Waals surface area contributed by atoms with E-state index in [0.717, 1.165) is 35.2 Å². The van der Waals surface area contributed by atoms with E-state index in [2.05, 4.69) is 43.3 Å². The Kier molecular flexibility index (Phi) is 9.07. The summed E-state index contributed by atoms with van der Waals surface area (Å²) in [6.07, 6.45) is 18.7. The monoisotopic (exact) mass is 522 g/mol. The Balaban J connectivity index is 1.09. The molecule has 0 heterocycles. The number of allylic oxidation sites excluding steroid dienone is 2. The number of halogens is 2. The van der Waals surface area contributed by atoms with Crippen molar-refractivity contribution in [1.29, 1.82) is 0 Å². The van der Waals surface area contributed by atoms with Crippen molar-refractivity contribution in [3.05, 3.63) is 71.3 Å². The first kappa shape index (κ1) is 27.2. The van der Waals surface area contributed by atoms with E-state index in [1.165, 1.54) is 81.9 Å². The molecule has 3 aliphatic carbocycles. The number of hydrogen-bond donors (Lipinski definition) is 0. The Morgan fingerprint density at radius 1 is 0.711 bits per heavy atom. The largest absolute Gasteiger partial charge is 0.491 e. The lowest BCUT2D eigenvalue weighted by Crippen LogP contribution is -2.34. The fourth-order valence-corrected chi connectivity index (χ4v) is 7.70. The summed E-state index contributed by atoms with van der Waals surface area (Å²) in [4.78, 5) is 0. The molecule has 3 saturated carbocycles. The molecule has 4 unspecified atom stereocenters. The molecule has 5 rings (SSSR count). The van der Waals surface area contributed by atoms with Crippen molar-refractivity contribution in [2.45, 2.75) is 90.6 Å². The first-order chi connectivity index (χ1) is 18.6. The van der Waals surface area contributed by atoms with E-state index in [0.29, 0.717) is 5.92 Å². The summed E-state index contributed by atoms with van der Waals surface area (Å²) >= 11 is 0. The molecular weight excluding hydrogens is 478 g/mol. The molecule has 0 amide bonds. The summed E-state index contributed by atoms with van der Waals surface area (Å²) < 4.78 is 39.1. The highest BCUT2D eigenvalue weighted by molar-refractivity contribution is 5.35. The van der Waals surface area contributed by atoms with E-state index in [1.54, 1.807) is 6.92 Å². The molecule has 0 spiro atoms. The van der Waals surface area contributed by atoms with Gasteiger partial charge in [-0.2, -0.15) is 8.78 Å². The van der Waals surface area contributed by atoms with Gasteiger partial charge in [-0.1, -0.05) is 36.4 Å². The number of fused-ring (bicyclic) bond motifs is 1. The topological polar surface area (TPSA) is 18.5 Å². The zero-order valence-corrected chi connectivity index (χ0v) is 23.1. The molecular formula is C34H44F2O2. The van der Waals surface area contributed by atoms with E-state index in [4.69, 9.17) is 9.47 Å². The Bertz CT molecular complexity index is 1070. The van der Waals surface area contributed by atoms with Crippen LogP contribution in [0.15, 0.2) is 48.6 Å². The molecule has 4 atom stereocenters. The van der Waals surface area contributed by atoms with Gasteiger partial charge in [-0.25, -0.2) is 0 Å². The van der Waals surface area contributed by atoms with Crippen molar-refractivity contribution in [2.75, 3.05) is 6.61 Å². The maximum atomic E-state index is 14.3. The molecule has 0 aromatic heterocycles. The summed E-state index contributed by atoms with van der Waals surface area (Å²) in [6.45, 7) is 4.39. The van der Waals surface area contributed by atoms with Gasteiger partial charge in [-0.05, 0) is 137 Å². The van der Waals surface area contributed by atoms with Gasteiger partial charge >= 0.3 is 0 Å². The smallest absolute Gasteiger partial charge is 0.204 e. The zero-order valence-electron chi connectivity index (χ0n) is 23.1. The van der Waals surface area contributed by atoms with Gasteiger partial charge in [-0.15, -0.1) is 0 Å². The van der Waals surface area contributed by atoms with Crippen molar-refractivity contribution in [3.8, 4) is 11.5 Å². The number of benzene rings is 2. The lowest BCUT2D eigenvalue weighted by molar-refractivity contribution is 0.0719. The van der Waals surface area contributed by atoms with Gasteiger partial charge in [0.2, 0.25) is 11.6 Å². The van der Waals surface area contributed by atoms with Crippen LogP contribution in [0, 0.1) is 41.2 Å². The Morgan fingerprint density at radius 2 is 1.29 bits per heavy atom. The minimum absolute atomic E-state index is 0.0868. The molecule has 206 valence electrons. The molecule has 2 aromatic carbocycles. The molecule has 3 aliphatic rings. The van der Waals surface area contributed by atoms with Crippen LogP contribution >= 0.6 is 0 Å². The highest BCUT2D eigenvalue weighted by Gasteiger charge is 2.38. The van der Waals surface area contributed by atoms with Gasteiger partial charge in [-0.3, -0.25) is 0 Å². The van der Waals surface area contributed by atoms with Crippen LogP contribution in [0.3, 0.4) is 0 Å². The SMILES string of the molecule is CC=CC1CCC2CC(C3CCC(c4ccc(COc5ccc(OCC)c(F)c5F)cc4)CC3)CCC2C1. The average molecular weight is 523 g/mol. The van der Waals surface area contributed by atoms with E-state index < -0.39 is 11.6 Å². The van der Waals surface area contributed by atoms with E-state index >= 15 is 0 Å². The molecule has 0 N–H and O–H groups in total. The summed E-state index contributed by atoms with van der Waals surface area (Å²) in [5.74, 6) is 3.11. The first-order valence-electron chi connectivity index (χ1n) is 15.0. The summed E-state index contributed by atoms with van der Waals surface area (Å²) in [5, 5.41) is 0. The molecule has 0 aliphatic heterocycles. The second-order valence-corrected chi connectivity index (χ2v) is 12.0. The fourth-order valence-electron chi connectivity index (χ4n) is 7.70. The van der Waals surface area contributed by atoms with Gasteiger partial charge in [0.05, 0.1) is 6.61 Å². The molecule has 38 heavy (non-hydrogen) atoms.